The summed E-state index contributed by atoms with van der Waals surface area (Å²) < 4.78 is 0. The molecule has 3 nitrogen and oxygen atoms in total. The first-order valence-electron chi connectivity index (χ1n) is 1.09. The van der Waals surface area contributed by atoms with E-state index in [1.54, 1.807) is 0 Å². The lowest BCUT2D eigenvalue weighted by Crippen LogP contribution is -1.95. The maximum Gasteiger partial charge on any atom is 0.248 e. The predicted octanol–water partition coefficient (Wildman–Crippen LogP) is -0.349. The Morgan fingerprint density at radius 1 is 1.60 bits per heavy atom. The van der Waals surface area contributed by atoms with E-state index in [1.807, 2.05) is 0 Å². The van der Waals surface area contributed by atoms with Crippen LogP contribution >= 0.6 is 0 Å². The summed E-state index contributed by atoms with van der Waals surface area (Å²) in [5.74, 6) is 0. The average molecular weight is 76.1 g/mol. The fraction of sp³-hybridized carbons (Fsp3) is 0.500. The van der Waals surface area contributed by atoms with Crippen molar-refractivity contribution in [3.63, 3.8) is 0 Å². The average Bonchev–Trinajstić information content (AvgIpc) is 1.38. The molecule has 30 valence electrons. The van der Waals surface area contributed by atoms with Crippen molar-refractivity contribution >= 4 is 0 Å². The molecule has 0 aromatic rings. The molecule has 0 heterocycles. The van der Waals surface area contributed by atoms with Crippen molar-refractivity contribution in [3.05, 3.63) is 6.29 Å². The fourth-order valence-electron chi connectivity index (χ4n) is 0. The second-order valence-corrected chi connectivity index (χ2v) is 0.561. The van der Waals surface area contributed by atoms with Gasteiger partial charge in [0, 0.05) is 0 Å². The predicted molar refractivity (Wildman–Crippen MR) is 12.7 cm³/mol. The molecule has 0 aliphatic carbocycles. The maximum absolute atomic E-state index is 9.09. The number of hydrogen-bond donors (Lipinski definition) is 2. The van der Waals surface area contributed by atoms with Crippen LogP contribution < -0.4 is 0 Å². The van der Waals surface area contributed by atoms with Crippen LogP contribution in [0.4, 0.5) is 0 Å². The van der Waals surface area contributed by atoms with E-state index in [0.717, 1.165) is 0 Å². The Bertz CT molecular complexity index is 18.9. The minimum absolute atomic E-state index is 0.917. The lowest BCUT2D eigenvalue weighted by Gasteiger charge is -1.84. The van der Waals surface area contributed by atoms with Crippen molar-refractivity contribution in [2.75, 3.05) is 6.61 Å². The molecule has 0 aromatic carbocycles. The van der Waals surface area contributed by atoms with Gasteiger partial charge in [0.25, 0.3) is 0 Å². The molecule has 0 aliphatic heterocycles. The molecular formula is C2H4O3. The Labute approximate surface area is 29.5 Å². The summed E-state index contributed by atoms with van der Waals surface area (Å²) in [6.45, 7) is -0.917. The molecule has 2 radical (unpaired) electrons. The molecular weight excluding hydrogens is 72.0 g/mol. The summed E-state index contributed by atoms with van der Waals surface area (Å²) >= 11 is 0. The van der Waals surface area contributed by atoms with E-state index in [0.29, 0.717) is 0 Å². The Balaban J connectivity index is 2.54. The van der Waals surface area contributed by atoms with Crippen LogP contribution in [0.1, 0.15) is 0 Å². The van der Waals surface area contributed by atoms with Gasteiger partial charge in [0.1, 0.15) is 6.61 Å². The van der Waals surface area contributed by atoms with Crippen molar-refractivity contribution in [1.29, 1.82) is 0 Å². The van der Waals surface area contributed by atoms with Crippen LogP contribution in [0.15, 0.2) is 0 Å². The quantitative estimate of drug-likeness (QED) is 0.448. The summed E-state index contributed by atoms with van der Waals surface area (Å²) in [6.07, 6.45) is -1.05. The van der Waals surface area contributed by atoms with Gasteiger partial charge in [0.2, 0.25) is 6.29 Å². The van der Waals surface area contributed by atoms with Gasteiger partial charge in [-0.15, -0.1) is 0 Å². The minimum atomic E-state index is -1.05. The number of aliphatic hydroxyl groups excluding tert-OH is 1. The number of hydrogen-bond acceptors (Lipinski definition) is 2. The third-order valence-electron chi connectivity index (χ3n) is 0.129. The minimum Gasteiger partial charge on any atom is -0.360 e. The smallest absolute Gasteiger partial charge is 0.248 e. The van der Waals surface area contributed by atoms with Gasteiger partial charge in [-0.2, -0.15) is 0 Å². The van der Waals surface area contributed by atoms with Crippen LogP contribution in [-0.2, 0) is 5.11 Å². The molecule has 0 spiro atoms. The van der Waals surface area contributed by atoms with Crippen LogP contribution in [0.3, 0.4) is 0 Å². The second kappa shape index (κ2) is 2.14. The summed E-state index contributed by atoms with van der Waals surface area (Å²) in [6, 6.07) is 0. The number of rotatable bonds is 1. The van der Waals surface area contributed by atoms with E-state index in [-0.39, 0.29) is 0 Å². The van der Waals surface area contributed by atoms with Gasteiger partial charge in [-0.1, -0.05) is 0 Å². The molecule has 0 amide bonds. The Hall–Kier alpha value is -0.120. The molecule has 3 heteroatoms. The molecule has 0 aromatic heterocycles. The molecule has 0 aliphatic rings. The highest BCUT2D eigenvalue weighted by Gasteiger charge is 1.91. The van der Waals surface area contributed by atoms with E-state index in [1.165, 1.54) is 0 Å². The topological polar surface area (TPSA) is 60.4 Å². The number of aliphatic hydroxyl groups is 2. The van der Waals surface area contributed by atoms with E-state index in [2.05, 4.69) is 0 Å². The lowest BCUT2D eigenvalue weighted by molar-refractivity contribution is 0.00804. The fourth-order valence-corrected chi connectivity index (χ4v) is 0. The molecule has 0 saturated carbocycles. The zero-order valence-corrected chi connectivity index (χ0v) is 2.51. The normalized spacial score (nSPS) is 9.60. The Morgan fingerprint density at radius 2 is 1.80 bits per heavy atom. The van der Waals surface area contributed by atoms with Crippen molar-refractivity contribution in [1.82, 2.24) is 0 Å². The summed E-state index contributed by atoms with van der Waals surface area (Å²) in [5, 5.41) is 24.1. The molecule has 0 saturated heterocycles. The van der Waals surface area contributed by atoms with Gasteiger partial charge in [0.15, 0.2) is 0 Å². The van der Waals surface area contributed by atoms with Gasteiger partial charge >= 0.3 is 0 Å². The standard InChI is InChI=1S/C2H4O3/c3-1-2(4)5/h4-5H,1H2. The summed E-state index contributed by atoms with van der Waals surface area (Å²) in [7, 11) is 0. The molecule has 5 heavy (non-hydrogen) atoms. The zero-order chi connectivity index (χ0) is 4.28. The first kappa shape index (κ1) is 4.88. The van der Waals surface area contributed by atoms with E-state index < -0.39 is 12.9 Å². The lowest BCUT2D eigenvalue weighted by atomic mass is 10.7. The SMILES string of the molecule is [O]C[C](O)O. The van der Waals surface area contributed by atoms with Crippen LogP contribution in [-0.4, -0.2) is 16.8 Å². The van der Waals surface area contributed by atoms with Gasteiger partial charge in [-0.05, 0) is 0 Å². The molecule has 0 bridgehead atoms. The molecule has 0 fully saturated rings. The summed E-state index contributed by atoms with van der Waals surface area (Å²) in [4.78, 5) is 0. The third kappa shape index (κ3) is 3.88. The second-order valence-electron chi connectivity index (χ2n) is 0.561. The van der Waals surface area contributed by atoms with Crippen LogP contribution in [0.25, 0.3) is 0 Å². The van der Waals surface area contributed by atoms with E-state index in [4.69, 9.17) is 15.3 Å². The maximum atomic E-state index is 9.09. The summed E-state index contributed by atoms with van der Waals surface area (Å²) in [5.41, 5.74) is 0. The zero-order valence-electron chi connectivity index (χ0n) is 2.51. The van der Waals surface area contributed by atoms with E-state index >= 15 is 0 Å². The third-order valence-corrected chi connectivity index (χ3v) is 0.129. The van der Waals surface area contributed by atoms with Gasteiger partial charge in [-0.25, -0.2) is 5.11 Å². The van der Waals surface area contributed by atoms with E-state index in [9.17, 15) is 0 Å². The monoisotopic (exact) mass is 76.0 g/mol. The van der Waals surface area contributed by atoms with Gasteiger partial charge in [0.05, 0.1) is 0 Å². The molecule has 0 unspecified atom stereocenters. The molecule has 2 N–H and O–H groups in total. The van der Waals surface area contributed by atoms with Gasteiger partial charge in [-0.3, -0.25) is 0 Å². The van der Waals surface area contributed by atoms with Gasteiger partial charge < -0.3 is 10.2 Å². The molecule has 0 atom stereocenters. The van der Waals surface area contributed by atoms with Crippen LogP contribution in [0.2, 0.25) is 0 Å². The largest absolute Gasteiger partial charge is 0.360 e. The van der Waals surface area contributed by atoms with Crippen molar-refractivity contribution < 1.29 is 15.3 Å². The highest BCUT2D eigenvalue weighted by Crippen LogP contribution is 1.76. The highest BCUT2D eigenvalue weighted by molar-refractivity contribution is 4.48. The van der Waals surface area contributed by atoms with Crippen molar-refractivity contribution in [2.45, 2.75) is 0 Å². The Kier molecular flexibility index (Phi) is 2.09. The first-order chi connectivity index (χ1) is 2.27. The Morgan fingerprint density at radius 3 is 1.80 bits per heavy atom. The first-order valence-corrected chi connectivity index (χ1v) is 1.09. The van der Waals surface area contributed by atoms with Crippen molar-refractivity contribution in [3.8, 4) is 0 Å². The van der Waals surface area contributed by atoms with Crippen LogP contribution in [0, 0.1) is 6.29 Å². The van der Waals surface area contributed by atoms with Crippen molar-refractivity contribution in [2.24, 2.45) is 0 Å². The molecule has 0 rings (SSSR count). The highest BCUT2D eigenvalue weighted by atomic mass is 16.5. The van der Waals surface area contributed by atoms with Crippen LogP contribution in [0.5, 0.6) is 0 Å².